The quantitative estimate of drug-likeness (QED) is 0.565. The molecule has 0 aromatic heterocycles. The van der Waals surface area contributed by atoms with Crippen LogP contribution in [0.25, 0.3) is 0 Å². The first-order valence-electron chi connectivity index (χ1n) is 8.53. The predicted octanol–water partition coefficient (Wildman–Crippen LogP) is 6.36. The second kappa shape index (κ2) is 7.21. The van der Waals surface area contributed by atoms with Crippen LogP contribution in [0, 0.1) is 0 Å². The van der Waals surface area contributed by atoms with Gasteiger partial charge in [-0.1, -0.05) is 83.9 Å². The molecule has 0 spiro atoms. The van der Waals surface area contributed by atoms with Crippen molar-refractivity contribution in [2.24, 2.45) is 0 Å². The van der Waals surface area contributed by atoms with Crippen LogP contribution in [0.2, 0.25) is 10.0 Å². The summed E-state index contributed by atoms with van der Waals surface area (Å²) in [5, 5.41) is 4.95. The van der Waals surface area contributed by atoms with E-state index in [1.165, 1.54) is 22.3 Å². The first-order valence-corrected chi connectivity index (χ1v) is 9.29. The maximum Gasteiger partial charge on any atom is 0.0595 e. The summed E-state index contributed by atoms with van der Waals surface area (Å²) >= 11 is 12.3. The average molecular weight is 368 g/mol. The highest BCUT2D eigenvalue weighted by atomic mass is 35.5. The van der Waals surface area contributed by atoms with E-state index in [0.29, 0.717) is 22.0 Å². The summed E-state index contributed by atoms with van der Waals surface area (Å²) in [4.78, 5) is 0. The van der Waals surface area contributed by atoms with Crippen molar-refractivity contribution in [3.63, 3.8) is 0 Å². The Hall–Kier alpha value is -1.80. The summed E-state index contributed by atoms with van der Waals surface area (Å²) in [6.07, 6.45) is 1.03. The van der Waals surface area contributed by atoms with E-state index in [-0.39, 0.29) is 0 Å². The number of fused-ring (bicyclic) bond motifs is 1. The van der Waals surface area contributed by atoms with E-state index in [1.807, 2.05) is 12.1 Å². The van der Waals surface area contributed by atoms with Crippen LogP contribution in [0.1, 0.15) is 40.6 Å². The number of hydrogen-bond donors (Lipinski definition) is 1. The van der Waals surface area contributed by atoms with Gasteiger partial charge in [0.1, 0.15) is 0 Å². The van der Waals surface area contributed by atoms with Crippen molar-refractivity contribution in [1.29, 1.82) is 0 Å². The molecule has 3 aromatic carbocycles. The summed E-state index contributed by atoms with van der Waals surface area (Å²) in [6, 6.07) is 25.6. The Morgan fingerprint density at radius 3 is 2.28 bits per heavy atom. The highest BCUT2D eigenvalue weighted by Crippen LogP contribution is 2.44. The van der Waals surface area contributed by atoms with Crippen LogP contribution in [-0.4, -0.2) is 0 Å². The lowest BCUT2D eigenvalue weighted by Gasteiger charge is -2.15. The number of benzene rings is 3. The fourth-order valence-electron chi connectivity index (χ4n) is 3.71. The summed E-state index contributed by atoms with van der Waals surface area (Å²) in [5.41, 5.74) is 5.30. The smallest absolute Gasteiger partial charge is 0.0595 e. The zero-order chi connectivity index (χ0) is 17.2. The Morgan fingerprint density at radius 2 is 1.52 bits per heavy atom. The van der Waals surface area contributed by atoms with Gasteiger partial charge in [0.2, 0.25) is 0 Å². The molecule has 1 nitrogen and oxygen atoms in total. The third-order valence-corrected chi connectivity index (χ3v) is 5.70. The molecule has 2 atom stereocenters. The molecule has 0 bridgehead atoms. The van der Waals surface area contributed by atoms with Gasteiger partial charge >= 0.3 is 0 Å². The summed E-state index contributed by atoms with van der Waals surface area (Å²) in [7, 11) is 0. The van der Waals surface area contributed by atoms with E-state index in [4.69, 9.17) is 23.2 Å². The Balaban J connectivity index is 1.60. The molecule has 1 aliphatic carbocycles. The molecular weight excluding hydrogens is 349 g/mol. The lowest BCUT2D eigenvalue weighted by atomic mass is 9.93. The number of nitrogens with one attached hydrogen (secondary N) is 1. The number of rotatable bonds is 4. The van der Waals surface area contributed by atoms with Gasteiger partial charge in [-0.25, -0.2) is 0 Å². The molecular formula is C22H19Cl2N. The van der Waals surface area contributed by atoms with Crippen molar-refractivity contribution in [2.45, 2.75) is 24.9 Å². The molecule has 4 rings (SSSR count). The molecule has 0 radical (unpaired) electrons. The SMILES string of the molecule is Clc1ccc([C@H]2C[C@@H](NCc3ccccc3)c3ccccc32)cc1Cl. The minimum Gasteiger partial charge on any atom is -0.306 e. The van der Waals surface area contributed by atoms with Crippen LogP contribution < -0.4 is 5.32 Å². The second-order valence-electron chi connectivity index (χ2n) is 6.51. The monoisotopic (exact) mass is 367 g/mol. The molecule has 3 aromatic rings. The summed E-state index contributed by atoms with van der Waals surface area (Å²) in [6.45, 7) is 0.869. The average Bonchev–Trinajstić information content (AvgIpc) is 3.02. The highest BCUT2D eigenvalue weighted by Gasteiger charge is 2.31. The van der Waals surface area contributed by atoms with Gasteiger partial charge < -0.3 is 5.32 Å². The summed E-state index contributed by atoms with van der Waals surface area (Å²) < 4.78 is 0. The summed E-state index contributed by atoms with van der Waals surface area (Å²) in [5.74, 6) is 0.347. The molecule has 0 unspecified atom stereocenters. The van der Waals surface area contributed by atoms with Crippen molar-refractivity contribution in [3.05, 3.63) is 105 Å². The van der Waals surface area contributed by atoms with Gasteiger partial charge in [0.25, 0.3) is 0 Å². The third-order valence-electron chi connectivity index (χ3n) is 4.96. The fourth-order valence-corrected chi connectivity index (χ4v) is 4.02. The minimum absolute atomic E-state index is 0.343. The molecule has 1 N–H and O–H groups in total. The number of hydrogen-bond acceptors (Lipinski definition) is 1. The zero-order valence-corrected chi connectivity index (χ0v) is 15.3. The van der Waals surface area contributed by atoms with Gasteiger partial charge in [-0.15, -0.1) is 0 Å². The van der Waals surface area contributed by atoms with Crippen LogP contribution in [-0.2, 0) is 6.54 Å². The van der Waals surface area contributed by atoms with Crippen LogP contribution in [0.15, 0.2) is 72.8 Å². The molecule has 0 fully saturated rings. The van der Waals surface area contributed by atoms with E-state index in [2.05, 4.69) is 66.0 Å². The Kier molecular flexibility index (Phi) is 4.80. The largest absolute Gasteiger partial charge is 0.306 e. The first-order chi connectivity index (χ1) is 12.2. The van der Waals surface area contributed by atoms with Gasteiger partial charge in [0.05, 0.1) is 10.0 Å². The van der Waals surface area contributed by atoms with Crippen LogP contribution in [0.5, 0.6) is 0 Å². The highest BCUT2D eigenvalue weighted by molar-refractivity contribution is 6.42. The van der Waals surface area contributed by atoms with Gasteiger partial charge in [-0.05, 0) is 40.8 Å². The van der Waals surface area contributed by atoms with Gasteiger partial charge in [-0.2, -0.15) is 0 Å². The van der Waals surface area contributed by atoms with E-state index < -0.39 is 0 Å². The standard InChI is InChI=1S/C22H19Cl2N/c23-20-11-10-16(12-21(20)24)19-13-22(18-9-5-4-8-17(18)19)25-14-15-6-2-1-3-7-15/h1-12,19,22,25H,13-14H2/t19-,22-/m1/s1. The van der Waals surface area contributed by atoms with Crippen molar-refractivity contribution in [1.82, 2.24) is 5.32 Å². The molecule has 0 heterocycles. The molecule has 126 valence electrons. The first kappa shape index (κ1) is 16.7. The van der Waals surface area contributed by atoms with Gasteiger partial charge in [-0.3, -0.25) is 0 Å². The molecule has 3 heteroatoms. The molecule has 0 saturated carbocycles. The third kappa shape index (κ3) is 3.46. The van der Waals surface area contributed by atoms with E-state index in [1.54, 1.807) is 0 Å². The Morgan fingerprint density at radius 1 is 0.800 bits per heavy atom. The topological polar surface area (TPSA) is 12.0 Å². The molecule has 0 amide bonds. The van der Waals surface area contributed by atoms with E-state index in [0.717, 1.165) is 13.0 Å². The Bertz CT molecular complexity index is 876. The van der Waals surface area contributed by atoms with Crippen molar-refractivity contribution < 1.29 is 0 Å². The fraction of sp³-hybridized carbons (Fsp3) is 0.182. The minimum atomic E-state index is 0.343. The maximum absolute atomic E-state index is 6.25. The number of halogens is 2. The lowest BCUT2D eigenvalue weighted by Crippen LogP contribution is -2.18. The van der Waals surface area contributed by atoms with Gasteiger partial charge in [0.15, 0.2) is 0 Å². The van der Waals surface area contributed by atoms with Crippen molar-refractivity contribution in [3.8, 4) is 0 Å². The van der Waals surface area contributed by atoms with Gasteiger partial charge in [0, 0.05) is 18.5 Å². The Labute approximate surface area is 158 Å². The predicted molar refractivity (Wildman–Crippen MR) is 105 cm³/mol. The van der Waals surface area contributed by atoms with Crippen LogP contribution in [0.4, 0.5) is 0 Å². The van der Waals surface area contributed by atoms with Crippen LogP contribution >= 0.6 is 23.2 Å². The lowest BCUT2D eigenvalue weighted by molar-refractivity contribution is 0.513. The van der Waals surface area contributed by atoms with Crippen molar-refractivity contribution >= 4 is 23.2 Å². The second-order valence-corrected chi connectivity index (χ2v) is 7.32. The maximum atomic E-state index is 6.25. The van der Waals surface area contributed by atoms with Crippen molar-refractivity contribution in [2.75, 3.05) is 0 Å². The van der Waals surface area contributed by atoms with E-state index >= 15 is 0 Å². The molecule has 0 aliphatic heterocycles. The molecule has 0 saturated heterocycles. The normalized spacial score (nSPS) is 19.0. The van der Waals surface area contributed by atoms with Crippen LogP contribution in [0.3, 0.4) is 0 Å². The zero-order valence-electron chi connectivity index (χ0n) is 13.8. The van der Waals surface area contributed by atoms with E-state index in [9.17, 15) is 0 Å². The molecule has 25 heavy (non-hydrogen) atoms. The molecule has 1 aliphatic rings.